The average Bonchev–Trinajstić information content (AvgIpc) is 2.76. The Labute approximate surface area is 212 Å². The van der Waals surface area contributed by atoms with Gasteiger partial charge in [-0.3, -0.25) is 9.35 Å². The standard InChI is InChI=1S/C21H19N5O5S.Na/c1-14(27)22-21-13-17(24-23-15-6-9-18(31-2)10-7-15)8-11-20(21)26-25-16-4-3-5-19(12-16)32(28,29)30;/h3-13H,1-2H3,(H,22,27)(H,28,29,30);. The minimum atomic E-state index is -4.36. The fourth-order valence-electron chi connectivity index (χ4n) is 2.55. The van der Waals surface area contributed by atoms with E-state index in [1.807, 2.05) is 0 Å². The number of methoxy groups -OCH3 is 1. The van der Waals surface area contributed by atoms with Gasteiger partial charge in [0, 0.05) is 36.5 Å². The van der Waals surface area contributed by atoms with Gasteiger partial charge in [0.15, 0.2) is 0 Å². The Hall–Kier alpha value is -2.96. The number of nitrogens with one attached hydrogen (secondary N) is 1. The summed E-state index contributed by atoms with van der Waals surface area (Å²) in [5, 5.41) is 19.0. The molecule has 3 rings (SSSR count). The topological polar surface area (TPSA) is 142 Å². The Bertz CT molecular complexity index is 1290. The van der Waals surface area contributed by atoms with Crippen molar-refractivity contribution in [2.24, 2.45) is 20.5 Å². The average molecular weight is 476 g/mol. The zero-order chi connectivity index (χ0) is 23.1. The van der Waals surface area contributed by atoms with E-state index in [-0.39, 0.29) is 46.0 Å². The number of benzene rings is 3. The van der Waals surface area contributed by atoms with E-state index in [9.17, 15) is 13.2 Å². The van der Waals surface area contributed by atoms with E-state index >= 15 is 0 Å². The van der Waals surface area contributed by atoms with Gasteiger partial charge in [-0.25, -0.2) is 0 Å². The van der Waals surface area contributed by atoms with Crippen LogP contribution in [0.25, 0.3) is 0 Å². The number of carbonyl (C=O) groups is 1. The monoisotopic (exact) mass is 476 g/mol. The first-order valence-corrected chi connectivity index (χ1v) is 10.7. The van der Waals surface area contributed by atoms with E-state index in [4.69, 9.17) is 9.29 Å². The molecule has 0 saturated heterocycles. The van der Waals surface area contributed by atoms with Crippen LogP contribution in [0.2, 0.25) is 0 Å². The van der Waals surface area contributed by atoms with Gasteiger partial charge in [0.25, 0.3) is 10.1 Å². The van der Waals surface area contributed by atoms with Crippen LogP contribution >= 0.6 is 0 Å². The molecule has 3 aromatic carbocycles. The van der Waals surface area contributed by atoms with Gasteiger partial charge in [-0.2, -0.15) is 23.8 Å². The molecular weight excluding hydrogens is 457 g/mol. The Morgan fingerprint density at radius 2 is 1.48 bits per heavy atom. The molecule has 1 amide bonds. The SMILES string of the molecule is COc1ccc(N=Nc2ccc(N=Nc3cccc(S(=O)(=O)O)c3)c(NC(C)=O)c2)cc1.[Na]. The van der Waals surface area contributed by atoms with Gasteiger partial charge in [-0.05, 0) is 60.7 Å². The van der Waals surface area contributed by atoms with Gasteiger partial charge >= 0.3 is 0 Å². The van der Waals surface area contributed by atoms with Gasteiger partial charge in [-0.15, -0.1) is 5.11 Å². The van der Waals surface area contributed by atoms with Gasteiger partial charge < -0.3 is 10.1 Å². The summed E-state index contributed by atoms with van der Waals surface area (Å²) in [6, 6.07) is 17.2. The third kappa shape index (κ3) is 7.84. The number of amides is 1. The number of hydrogen-bond donors (Lipinski definition) is 2. The number of nitrogens with zero attached hydrogens (tertiary/aromatic N) is 4. The Morgan fingerprint density at radius 1 is 0.879 bits per heavy atom. The van der Waals surface area contributed by atoms with Crippen LogP contribution in [0.3, 0.4) is 0 Å². The molecule has 33 heavy (non-hydrogen) atoms. The Morgan fingerprint density at radius 3 is 2.12 bits per heavy atom. The minimum absolute atomic E-state index is 0. The molecule has 2 N–H and O–H groups in total. The fourth-order valence-corrected chi connectivity index (χ4v) is 3.07. The van der Waals surface area contributed by atoms with Crippen LogP contribution in [0.15, 0.2) is 92.1 Å². The van der Waals surface area contributed by atoms with E-state index in [1.165, 1.54) is 31.2 Å². The third-order valence-corrected chi connectivity index (χ3v) is 4.88. The second-order valence-corrected chi connectivity index (χ2v) is 7.87. The molecular formula is C21H19N5NaO5S. The fraction of sp³-hybridized carbons (Fsp3) is 0.0952. The summed E-state index contributed by atoms with van der Waals surface area (Å²) in [6.07, 6.45) is 0. The summed E-state index contributed by atoms with van der Waals surface area (Å²) in [5.74, 6) is 0.382. The molecule has 0 atom stereocenters. The number of hydrogen-bond acceptors (Lipinski definition) is 8. The van der Waals surface area contributed by atoms with Crippen molar-refractivity contribution in [2.45, 2.75) is 11.8 Å². The number of ether oxygens (including phenoxy) is 1. The van der Waals surface area contributed by atoms with E-state index in [2.05, 4.69) is 25.8 Å². The van der Waals surface area contributed by atoms with Crippen molar-refractivity contribution in [1.29, 1.82) is 0 Å². The molecule has 0 bridgehead atoms. The van der Waals surface area contributed by atoms with E-state index in [0.717, 1.165) is 0 Å². The maximum Gasteiger partial charge on any atom is 0.294 e. The van der Waals surface area contributed by atoms with Crippen LogP contribution in [0.4, 0.5) is 28.4 Å². The van der Waals surface area contributed by atoms with Gasteiger partial charge in [0.05, 0.1) is 34.8 Å². The molecule has 1 radical (unpaired) electrons. The van der Waals surface area contributed by atoms with Crippen LogP contribution in [0.1, 0.15) is 6.92 Å². The molecule has 12 heteroatoms. The zero-order valence-electron chi connectivity index (χ0n) is 18.1. The maximum absolute atomic E-state index is 11.6. The van der Waals surface area contributed by atoms with E-state index in [1.54, 1.807) is 49.6 Å². The summed E-state index contributed by atoms with van der Waals surface area (Å²) in [5.41, 5.74) is 1.96. The predicted molar refractivity (Wildman–Crippen MR) is 124 cm³/mol. The number of rotatable bonds is 7. The van der Waals surface area contributed by atoms with Crippen LogP contribution < -0.4 is 10.1 Å². The first kappa shape index (κ1) is 26.3. The third-order valence-electron chi connectivity index (χ3n) is 4.03. The van der Waals surface area contributed by atoms with Crippen molar-refractivity contribution in [2.75, 3.05) is 12.4 Å². The Kier molecular flexibility index (Phi) is 9.38. The summed E-state index contributed by atoms with van der Waals surface area (Å²) >= 11 is 0. The van der Waals surface area contributed by atoms with Gasteiger partial charge in [0.1, 0.15) is 11.4 Å². The summed E-state index contributed by atoms with van der Waals surface area (Å²) in [4.78, 5) is 11.3. The predicted octanol–water partition coefficient (Wildman–Crippen LogP) is 5.35. The molecule has 0 aliphatic carbocycles. The molecule has 0 heterocycles. The molecule has 3 aromatic rings. The summed E-state index contributed by atoms with van der Waals surface area (Å²) in [7, 11) is -2.79. The van der Waals surface area contributed by atoms with Gasteiger partial charge in [0.2, 0.25) is 5.91 Å². The summed E-state index contributed by atoms with van der Waals surface area (Å²) in [6.45, 7) is 1.35. The number of carbonyl (C=O) groups excluding carboxylic acids is 1. The van der Waals surface area contributed by atoms with Crippen LogP contribution in [0.5, 0.6) is 5.75 Å². The molecule has 0 unspecified atom stereocenters. The van der Waals surface area contributed by atoms with Crippen LogP contribution in [-0.2, 0) is 14.9 Å². The van der Waals surface area contributed by atoms with Crippen molar-refractivity contribution >= 4 is 74.0 Å². The first-order chi connectivity index (χ1) is 15.2. The van der Waals surface area contributed by atoms with Crippen molar-refractivity contribution < 1.29 is 22.5 Å². The van der Waals surface area contributed by atoms with Crippen molar-refractivity contribution in [1.82, 2.24) is 0 Å². The van der Waals surface area contributed by atoms with Crippen LogP contribution in [0, 0.1) is 0 Å². The molecule has 0 fully saturated rings. The molecule has 165 valence electrons. The molecule has 10 nitrogen and oxygen atoms in total. The molecule has 0 aliphatic rings. The van der Waals surface area contributed by atoms with Crippen molar-refractivity contribution in [3.63, 3.8) is 0 Å². The second kappa shape index (κ2) is 11.8. The molecule has 0 spiro atoms. The van der Waals surface area contributed by atoms with Crippen molar-refractivity contribution in [3.05, 3.63) is 66.7 Å². The van der Waals surface area contributed by atoms with Crippen LogP contribution in [-0.4, -0.2) is 55.5 Å². The normalized spacial score (nSPS) is 11.4. The molecule has 0 saturated carbocycles. The number of azo groups is 2. The Balaban J connectivity index is 0.00000385. The van der Waals surface area contributed by atoms with E-state index in [0.29, 0.717) is 28.5 Å². The second-order valence-electron chi connectivity index (χ2n) is 6.45. The smallest absolute Gasteiger partial charge is 0.294 e. The molecule has 0 aromatic heterocycles. The largest absolute Gasteiger partial charge is 0.497 e. The number of anilines is 1. The van der Waals surface area contributed by atoms with Crippen molar-refractivity contribution in [3.8, 4) is 5.75 Å². The van der Waals surface area contributed by atoms with E-state index < -0.39 is 10.1 Å². The summed E-state index contributed by atoms with van der Waals surface area (Å²) < 4.78 is 36.8. The van der Waals surface area contributed by atoms with Gasteiger partial charge in [-0.1, -0.05) is 6.07 Å². The quantitative estimate of drug-likeness (QED) is 0.268. The maximum atomic E-state index is 11.6. The molecule has 0 aliphatic heterocycles. The minimum Gasteiger partial charge on any atom is -0.497 e. The first-order valence-electron chi connectivity index (χ1n) is 9.21. The zero-order valence-corrected chi connectivity index (χ0v) is 20.9.